The molecule has 1 atom stereocenters. The molecule has 2 heterocycles. The van der Waals surface area contributed by atoms with E-state index in [2.05, 4.69) is 29.6 Å². The maximum absolute atomic E-state index is 13.3. The average Bonchev–Trinajstić information content (AvgIpc) is 2.78. The Balaban J connectivity index is 1.71. The van der Waals surface area contributed by atoms with E-state index in [9.17, 15) is 9.59 Å². The minimum absolute atomic E-state index is 0.199. The van der Waals surface area contributed by atoms with Gasteiger partial charge in [-0.15, -0.1) is 0 Å². The molecule has 140 valence electrons. The number of hydrogen-bond donors (Lipinski definition) is 2. The summed E-state index contributed by atoms with van der Waals surface area (Å²) in [4.78, 5) is 29.7. The molecule has 0 spiro atoms. The van der Waals surface area contributed by atoms with Gasteiger partial charge in [-0.1, -0.05) is 24.3 Å². The number of benzene rings is 2. The van der Waals surface area contributed by atoms with E-state index in [4.69, 9.17) is 0 Å². The topological polar surface area (TPSA) is 67.9 Å². The van der Waals surface area contributed by atoms with Crippen LogP contribution < -0.4 is 15.6 Å². The lowest BCUT2D eigenvalue weighted by molar-refractivity contribution is 0.0666. The molecule has 3 amide bonds. The number of para-hydroxylation sites is 3. The number of rotatable bonds is 1. The Kier molecular flexibility index (Phi) is 4.55. The zero-order valence-electron chi connectivity index (χ0n) is 15.5. The number of piperazine rings is 1. The van der Waals surface area contributed by atoms with E-state index < -0.39 is 0 Å². The van der Waals surface area contributed by atoms with E-state index in [0.29, 0.717) is 22.6 Å². The van der Waals surface area contributed by atoms with Crippen molar-refractivity contribution in [2.75, 3.05) is 36.9 Å². The number of anilines is 3. The van der Waals surface area contributed by atoms with Crippen LogP contribution >= 0.6 is 0 Å². The molecule has 0 bridgehead atoms. The lowest BCUT2D eigenvalue weighted by atomic mass is 10.1. The Morgan fingerprint density at radius 3 is 2.56 bits per heavy atom. The van der Waals surface area contributed by atoms with E-state index in [0.717, 1.165) is 19.6 Å². The van der Waals surface area contributed by atoms with Crippen molar-refractivity contribution in [3.63, 3.8) is 0 Å². The maximum atomic E-state index is 13.3. The first-order valence-electron chi connectivity index (χ1n) is 9.10. The predicted molar refractivity (Wildman–Crippen MR) is 105 cm³/mol. The highest BCUT2D eigenvalue weighted by Crippen LogP contribution is 2.37. The second-order valence-electron chi connectivity index (χ2n) is 7.05. The van der Waals surface area contributed by atoms with Gasteiger partial charge in [-0.3, -0.25) is 15.1 Å². The van der Waals surface area contributed by atoms with Gasteiger partial charge in [0, 0.05) is 25.7 Å². The summed E-state index contributed by atoms with van der Waals surface area (Å²) in [5.41, 5.74) is 5.33. The first kappa shape index (κ1) is 17.5. The summed E-state index contributed by atoms with van der Waals surface area (Å²) < 4.78 is 0. The van der Waals surface area contributed by atoms with Gasteiger partial charge in [0.05, 0.1) is 22.6 Å². The molecular formula is C20H23N5O2. The number of nitrogens with zero attached hydrogens (tertiary/aromatic N) is 3. The fourth-order valence-electron chi connectivity index (χ4n) is 3.65. The SMILES string of the molecule is CC1CN(C)CCN1NC(=O)N1c2ccccc2NC(=O)c2ccccc21. The molecule has 1 saturated heterocycles. The van der Waals surface area contributed by atoms with Crippen molar-refractivity contribution in [2.45, 2.75) is 13.0 Å². The molecule has 2 aromatic carbocycles. The van der Waals surface area contributed by atoms with Crippen molar-refractivity contribution < 1.29 is 9.59 Å². The summed E-state index contributed by atoms with van der Waals surface area (Å²) in [6, 6.07) is 14.4. The van der Waals surface area contributed by atoms with Gasteiger partial charge in [-0.05, 0) is 38.2 Å². The van der Waals surface area contributed by atoms with E-state index in [1.54, 1.807) is 29.2 Å². The van der Waals surface area contributed by atoms with Crippen molar-refractivity contribution in [1.29, 1.82) is 0 Å². The van der Waals surface area contributed by atoms with Gasteiger partial charge >= 0.3 is 6.03 Å². The number of carbonyl (C=O) groups excluding carboxylic acids is 2. The summed E-state index contributed by atoms with van der Waals surface area (Å²) >= 11 is 0. The highest BCUT2D eigenvalue weighted by Gasteiger charge is 2.31. The molecule has 7 nitrogen and oxygen atoms in total. The van der Waals surface area contributed by atoms with Crippen LogP contribution in [0.25, 0.3) is 0 Å². The van der Waals surface area contributed by atoms with Crippen molar-refractivity contribution in [3.8, 4) is 0 Å². The van der Waals surface area contributed by atoms with Crippen LogP contribution in [0, 0.1) is 0 Å². The monoisotopic (exact) mass is 365 g/mol. The van der Waals surface area contributed by atoms with Crippen LogP contribution in [0.3, 0.4) is 0 Å². The number of carbonyl (C=O) groups is 2. The number of nitrogens with one attached hydrogen (secondary N) is 2. The Morgan fingerprint density at radius 1 is 1.07 bits per heavy atom. The zero-order chi connectivity index (χ0) is 19.0. The molecule has 0 aliphatic carbocycles. The fourth-order valence-corrected chi connectivity index (χ4v) is 3.65. The van der Waals surface area contributed by atoms with Crippen LogP contribution in [0.1, 0.15) is 17.3 Å². The number of hydrazine groups is 1. The summed E-state index contributed by atoms with van der Waals surface area (Å²) in [6.07, 6.45) is 0. The van der Waals surface area contributed by atoms with Crippen molar-refractivity contribution in [1.82, 2.24) is 15.3 Å². The van der Waals surface area contributed by atoms with Crippen molar-refractivity contribution in [3.05, 3.63) is 54.1 Å². The number of urea groups is 1. The Bertz CT molecular complexity index is 884. The Labute approximate surface area is 158 Å². The standard InChI is InChI=1S/C20H23N5O2/c1-14-13-23(2)11-12-24(14)22-20(27)25-17-9-5-3-7-15(17)19(26)21-16-8-4-6-10-18(16)25/h3-10,14H,11-13H2,1-2H3,(H,21,26)(H,22,27). The molecule has 2 N–H and O–H groups in total. The predicted octanol–water partition coefficient (Wildman–Crippen LogP) is 2.65. The average molecular weight is 365 g/mol. The van der Waals surface area contributed by atoms with Gasteiger partial charge < -0.3 is 10.2 Å². The minimum Gasteiger partial charge on any atom is -0.320 e. The maximum Gasteiger partial charge on any atom is 0.341 e. The van der Waals surface area contributed by atoms with E-state index in [1.165, 1.54) is 0 Å². The molecule has 0 radical (unpaired) electrons. The highest BCUT2D eigenvalue weighted by molar-refractivity contribution is 6.17. The smallest absolute Gasteiger partial charge is 0.320 e. The third kappa shape index (κ3) is 3.27. The van der Waals surface area contributed by atoms with Gasteiger partial charge in [0.2, 0.25) is 0 Å². The summed E-state index contributed by atoms with van der Waals surface area (Å²) in [5.74, 6) is -0.221. The van der Waals surface area contributed by atoms with Crippen LogP contribution in [-0.2, 0) is 0 Å². The molecule has 2 aliphatic heterocycles. The highest BCUT2D eigenvalue weighted by atomic mass is 16.2. The lowest BCUT2D eigenvalue weighted by Crippen LogP contribution is -2.59. The second kappa shape index (κ2) is 7.02. The molecule has 0 saturated carbocycles. The number of hydrogen-bond acceptors (Lipinski definition) is 4. The van der Waals surface area contributed by atoms with Crippen molar-refractivity contribution >= 4 is 29.0 Å². The van der Waals surface area contributed by atoms with Gasteiger partial charge in [0.15, 0.2) is 0 Å². The van der Waals surface area contributed by atoms with E-state index in [1.807, 2.05) is 29.3 Å². The summed E-state index contributed by atoms with van der Waals surface area (Å²) in [5, 5.41) is 4.87. The Morgan fingerprint density at radius 2 is 1.78 bits per heavy atom. The van der Waals surface area contributed by atoms with Crippen LogP contribution in [-0.4, -0.2) is 54.6 Å². The van der Waals surface area contributed by atoms with Gasteiger partial charge in [0.1, 0.15) is 0 Å². The molecule has 1 fully saturated rings. The third-order valence-electron chi connectivity index (χ3n) is 5.06. The normalized spacial score (nSPS) is 20.3. The van der Waals surface area contributed by atoms with Gasteiger partial charge in [0.25, 0.3) is 5.91 Å². The van der Waals surface area contributed by atoms with Crippen LogP contribution in [0.4, 0.5) is 21.9 Å². The summed E-state index contributed by atoms with van der Waals surface area (Å²) in [7, 11) is 2.08. The second-order valence-corrected chi connectivity index (χ2v) is 7.05. The molecule has 1 unspecified atom stereocenters. The number of likely N-dealkylation sites (N-methyl/N-ethyl adjacent to an activating group) is 1. The third-order valence-corrected chi connectivity index (χ3v) is 5.06. The van der Waals surface area contributed by atoms with E-state index in [-0.39, 0.29) is 18.0 Å². The summed E-state index contributed by atoms with van der Waals surface area (Å²) in [6.45, 7) is 4.61. The van der Waals surface area contributed by atoms with Crippen LogP contribution in [0.2, 0.25) is 0 Å². The Hall–Kier alpha value is -2.90. The van der Waals surface area contributed by atoms with Gasteiger partial charge in [-0.25, -0.2) is 9.80 Å². The molecule has 27 heavy (non-hydrogen) atoms. The minimum atomic E-state index is -0.275. The molecule has 2 aromatic rings. The first-order valence-corrected chi connectivity index (χ1v) is 9.10. The molecule has 4 rings (SSSR count). The molecular weight excluding hydrogens is 342 g/mol. The lowest BCUT2D eigenvalue weighted by Gasteiger charge is -2.39. The molecule has 7 heteroatoms. The van der Waals surface area contributed by atoms with Crippen molar-refractivity contribution in [2.24, 2.45) is 0 Å². The molecule has 0 aromatic heterocycles. The largest absolute Gasteiger partial charge is 0.341 e. The fraction of sp³-hybridized carbons (Fsp3) is 0.300. The van der Waals surface area contributed by atoms with Crippen LogP contribution in [0.5, 0.6) is 0 Å². The van der Waals surface area contributed by atoms with Crippen LogP contribution in [0.15, 0.2) is 48.5 Å². The number of amides is 3. The quantitative estimate of drug-likeness (QED) is 0.815. The van der Waals surface area contributed by atoms with Gasteiger partial charge in [-0.2, -0.15) is 0 Å². The zero-order valence-corrected chi connectivity index (χ0v) is 15.5. The first-order chi connectivity index (χ1) is 13.0. The number of fused-ring (bicyclic) bond motifs is 2. The van der Waals surface area contributed by atoms with E-state index >= 15 is 0 Å². The molecule has 2 aliphatic rings.